The maximum atomic E-state index is 3.78. The van der Waals surface area contributed by atoms with E-state index in [9.17, 15) is 0 Å². The third-order valence-corrected chi connectivity index (χ3v) is 14.4. The van der Waals surface area contributed by atoms with E-state index >= 15 is 0 Å². The molecule has 0 saturated heterocycles. The Hall–Kier alpha value is -4.60. The van der Waals surface area contributed by atoms with Crippen LogP contribution in [0.2, 0.25) is 0 Å². The van der Waals surface area contributed by atoms with Gasteiger partial charge in [-0.1, -0.05) is 96.2 Å². The molecule has 1 N–H and O–H groups in total. The lowest BCUT2D eigenvalue weighted by molar-refractivity contribution is 0.125. The van der Waals surface area contributed by atoms with E-state index in [1.165, 1.54) is 92.1 Å². The summed E-state index contributed by atoms with van der Waals surface area (Å²) >= 11 is 1.98. The van der Waals surface area contributed by atoms with Crippen molar-refractivity contribution < 1.29 is 0 Å². The molecule has 10 rings (SSSR count). The van der Waals surface area contributed by atoms with E-state index in [0.29, 0.717) is 0 Å². The number of H-pyrrole nitrogens is 1. The number of allylic oxidation sites excluding steroid dienone is 1. The molecule has 0 atom stereocenters. The SMILES string of the molecule is CC1(C)c2cc3[nH]c4ccc(-c5ccc6c(c5)c5ccccc5n6-c5cccc6c7c(sc56)CCC=C7)cc4c3cc2C(C)(C)C1(C)C. The van der Waals surface area contributed by atoms with Crippen LogP contribution in [0.4, 0.5) is 0 Å². The van der Waals surface area contributed by atoms with Crippen LogP contribution in [0.15, 0.2) is 97.1 Å². The first-order valence-corrected chi connectivity index (χ1v) is 18.2. The Bertz CT molecular complexity index is 2700. The number of hydrogen-bond acceptors (Lipinski definition) is 1. The fourth-order valence-corrected chi connectivity index (χ4v) is 10.5. The number of nitrogens with one attached hydrogen (secondary N) is 1. The summed E-state index contributed by atoms with van der Waals surface area (Å²) in [7, 11) is 0. The van der Waals surface area contributed by atoms with Gasteiger partial charge in [0.05, 0.1) is 21.4 Å². The van der Waals surface area contributed by atoms with Crippen LogP contribution in [0, 0.1) is 5.41 Å². The van der Waals surface area contributed by atoms with Crippen molar-refractivity contribution in [3.63, 3.8) is 0 Å². The minimum Gasteiger partial charge on any atom is -0.355 e. The summed E-state index contributed by atoms with van der Waals surface area (Å²) in [6.45, 7) is 14.6. The highest BCUT2D eigenvalue weighted by Gasteiger charge is 2.56. The molecule has 2 nitrogen and oxygen atoms in total. The highest BCUT2D eigenvalue weighted by atomic mass is 32.1. The van der Waals surface area contributed by atoms with Crippen molar-refractivity contribution >= 4 is 71.1 Å². The first-order valence-electron chi connectivity index (χ1n) is 17.4. The Balaban J connectivity index is 1.16. The maximum absolute atomic E-state index is 3.78. The Morgan fingerprint density at radius 1 is 0.625 bits per heavy atom. The van der Waals surface area contributed by atoms with E-state index in [1.54, 1.807) is 0 Å². The summed E-state index contributed by atoms with van der Waals surface area (Å²) in [6.07, 6.45) is 6.93. The second kappa shape index (κ2) is 9.30. The first kappa shape index (κ1) is 28.4. The number of fused-ring (bicyclic) bond motifs is 10. The summed E-state index contributed by atoms with van der Waals surface area (Å²) in [5, 5.41) is 6.59. The van der Waals surface area contributed by atoms with Crippen molar-refractivity contribution in [1.82, 2.24) is 9.55 Å². The zero-order chi connectivity index (χ0) is 32.7. The third-order valence-electron chi connectivity index (χ3n) is 13.1. The van der Waals surface area contributed by atoms with Crippen LogP contribution in [0.1, 0.15) is 69.5 Å². The van der Waals surface area contributed by atoms with Gasteiger partial charge in [-0.3, -0.25) is 0 Å². The van der Waals surface area contributed by atoms with Gasteiger partial charge in [-0.15, -0.1) is 11.3 Å². The number of hydrogen-bond donors (Lipinski definition) is 1. The normalized spacial score (nSPS) is 17.6. The molecule has 0 aliphatic heterocycles. The summed E-state index contributed by atoms with van der Waals surface area (Å²) in [5.74, 6) is 0. The topological polar surface area (TPSA) is 20.7 Å². The fourth-order valence-electron chi connectivity index (χ4n) is 9.16. The molecule has 3 heteroatoms. The van der Waals surface area contributed by atoms with Crippen LogP contribution in [-0.4, -0.2) is 9.55 Å². The van der Waals surface area contributed by atoms with Gasteiger partial charge in [0, 0.05) is 42.8 Å². The van der Waals surface area contributed by atoms with Gasteiger partial charge < -0.3 is 9.55 Å². The number of benzene rings is 5. The van der Waals surface area contributed by atoms with Crippen molar-refractivity contribution in [3.05, 3.63) is 119 Å². The molecule has 2 aliphatic carbocycles. The van der Waals surface area contributed by atoms with E-state index in [2.05, 4.69) is 154 Å². The molecule has 0 fully saturated rings. The number of aromatic amines is 1. The molecule has 0 unspecified atom stereocenters. The highest BCUT2D eigenvalue weighted by Crippen LogP contribution is 2.62. The number of rotatable bonds is 2. The molecular formula is C45H40N2S. The number of para-hydroxylation sites is 1. The van der Waals surface area contributed by atoms with E-state index in [4.69, 9.17) is 0 Å². The third kappa shape index (κ3) is 3.48. The second-order valence-corrected chi connectivity index (χ2v) is 16.9. The summed E-state index contributed by atoms with van der Waals surface area (Å²) in [5.41, 5.74) is 13.4. The van der Waals surface area contributed by atoms with Crippen LogP contribution in [0.25, 0.3) is 76.6 Å². The first-order chi connectivity index (χ1) is 23.1. The van der Waals surface area contributed by atoms with Crippen molar-refractivity contribution in [2.45, 2.75) is 65.2 Å². The van der Waals surface area contributed by atoms with Gasteiger partial charge in [-0.2, -0.15) is 0 Å². The van der Waals surface area contributed by atoms with Crippen molar-refractivity contribution in [2.24, 2.45) is 5.41 Å². The van der Waals surface area contributed by atoms with E-state index in [-0.39, 0.29) is 16.2 Å². The molecule has 0 amide bonds. The van der Waals surface area contributed by atoms with Gasteiger partial charge in [0.25, 0.3) is 0 Å². The molecule has 8 aromatic rings. The van der Waals surface area contributed by atoms with Crippen molar-refractivity contribution in [1.29, 1.82) is 0 Å². The molecule has 0 spiro atoms. The van der Waals surface area contributed by atoms with Crippen LogP contribution < -0.4 is 0 Å². The van der Waals surface area contributed by atoms with Crippen molar-refractivity contribution in [3.8, 4) is 16.8 Å². The average Bonchev–Trinajstić information content (AvgIpc) is 3.78. The molecule has 0 saturated carbocycles. The summed E-state index contributed by atoms with van der Waals surface area (Å²) < 4.78 is 3.88. The molecule has 3 aromatic heterocycles. The number of aryl methyl sites for hydroxylation is 1. The second-order valence-electron chi connectivity index (χ2n) is 15.8. The fraction of sp³-hybridized carbons (Fsp3) is 0.244. The van der Waals surface area contributed by atoms with Gasteiger partial charge >= 0.3 is 0 Å². The molecular weight excluding hydrogens is 601 g/mol. The maximum Gasteiger partial charge on any atom is 0.0640 e. The van der Waals surface area contributed by atoms with E-state index in [0.717, 1.165) is 12.8 Å². The lowest BCUT2D eigenvalue weighted by Crippen LogP contribution is -2.42. The van der Waals surface area contributed by atoms with Crippen LogP contribution >= 0.6 is 11.3 Å². The quantitative estimate of drug-likeness (QED) is 0.194. The predicted octanol–water partition coefficient (Wildman–Crippen LogP) is 12.9. The standard InChI is InChI=1S/C45H40N2S/c1-43(2)34-24-32-31-22-26(18-20-36(31)46-37(32)25-35(34)44(3,4)45(43,5)6)27-19-21-39-33(23-27)28-12-7-9-15-38(28)47(39)40-16-11-14-30-29-13-8-10-17-41(29)48-42(30)40/h7-9,11-16,18-25,46H,10,17H2,1-6H3. The summed E-state index contributed by atoms with van der Waals surface area (Å²) in [4.78, 5) is 5.29. The predicted molar refractivity (Wildman–Crippen MR) is 208 cm³/mol. The number of thiophene rings is 1. The Labute approximate surface area is 285 Å². The monoisotopic (exact) mass is 640 g/mol. The van der Waals surface area contributed by atoms with Gasteiger partial charge in [-0.25, -0.2) is 0 Å². The van der Waals surface area contributed by atoms with E-state index in [1.807, 2.05) is 11.3 Å². The highest BCUT2D eigenvalue weighted by molar-refractivity contribution is 7.19. The lowest BCUT2D eigenvalue weighted by atomic mass is 9.59. The molecule has 0 radical (unpaired) electrons. The van der Waals surface area contributed by atoms with E-state index < -0.39 is 0 Å². The molecule has 236 valence electrons. The van der Waals surface area contributed by atoms with Crippen LogP contribution in [0.5, 0.6) is 0 Å². The zero-order valence-electron chi connectivity index (χ0n) is 28.6. The van der Waals surface area contributed by atoms with Gasteiger partial charge in [-0.05, 0) is 105 Å². The molecule has 3 heterocycles. The van der Waals surface area contributed by atoms with Gasteiger partial charge in [0.1, 0.15) is 0 Å². The lowest BCUT2D eigenvalue weighted by Gasteiger charge is -2.44. The molecule has 48 heavy (non-hydrogen) atoms. The minimum atomic E-state index is 0.0734. The Morgan fingerprint density at radius 3 is 2.15 bits per heavy atom. The smallest absolute Gasteiger partial charge is 0.0640 e. The molecule has 0 bridgehead atoms. The minimum absolute atomic E-state index is 0.0734. The zero-order valence-corrected chi connectivity index (χ0v) is 29.4. The Kier molecular flexibility index (Phi) is 5.51. The van der Waals surface area contributed by atoms with Crippen LogP contribution in [-0.2, 0) is 17.3 Å². The van der Waals surface area contributed by atoms with Crippen molar-refractivity contribution in [2.75, 3.05) is 0 Å². The average molecular weight is 641 g/mol. The van der Waals surface area contributed by atoms with Crippen LogP contribution in [0.3, 0.4) is 0 Å². The summed E-state index contributed by atoms with van der Waals surface area (Å²) in [6, 6.07) is 34.7. The van der Waals surface area contributed by atoms with Gasteiger partial charge in [0.2, 0.25) is 0 Å². The molecule has 5 aromatic carbocycles. The molecule has 2 aliphatic rings. The number of aromatic nitrogens is 2. The Morgan fingerprint density at radius 2 is 1.31 bits per heavy atom. The number of nitrogens with zero attached hydrogens (tertiary/aromatic N) is 1. The largest absolute Gasteiger partial charge is 0.355 e. The van der Waals surface area contributed by atoms with Gasteiger partial charge in [0.15, 0.2) is 0 Å².